The third-order valence-electron chi connectivity index (χ3n) is 2.09. The highest BCUT2D eigenvalue weighted by molar-refractivity contribution is 6.35. The van der Waals surface area contributed by atoms with Gasteiger partial charge in [0.1, 0.15) is 0 Å². The number of hydrogen-bond donors (Lipinski definition) is 2. The summed E-state index contributed by atoms with van der Waals surface area (Å²) >= 11 is 5.86. The molecule has 0 bridgehead atoms. The van der Waals surface area contributed by atoms with Crippen molar-refractivity contribution in [3.8, 4) is 5.75 Å². The van der Waals surface area contributed by atoms with E-state index >= 15 is 0 Å². The Balaban J connectivity index is 2.48. The highest BCUT2D eigenvalue weighted by Crippen LogP contribution is 2.29. The number of benzene rings is 1. The van der Waals surface area contributed by atoms with E-state index in [9.17, 15) is 9.18 Å². The number of carbonyl (C=O) groups excluding carboxylic acids is 1. The summed E-state index contributed by atoms with van der Waals surface area (Å²) in [4.78, 5) is 13.7. The lowest BCUT2D eigenvalue weighted by atomic mass is 10.2. The molecule has 0 aliphatic carbocycles. The normalized spacial score (nSPS) is 10.4. The van der Waals surface area contributed by atoms with Crippen LogP contribution in [0.25, 0.3) is 10.9 Å². The molecule has 0 aliphatic heterocycles. The number of hydrogen-bond acceptors (Lipinski definition) is 2. The molecule has 2 rings (SSSR count). The number of H-pyrrole nitrogens is 1. The lowest BCUT2D eigenvalue weighted by Gasteiger charge is -2.04. The molecule has 6 heteroatoms. The zero-order valence-electron chi connectivity index (χ0n) is 8.30. The lowest BCUT2D eigenvalue weighted by Crippen LogP contribution is -2.22. The van der Waals surface area contributed by atoms with Crippen LogP contribution in [0.3, 0.4) is 0 Å². The van der Waals surface area contributed by atoms with Crippen molar-refractivity contribution >= 4 is 28.6 Å². The Morgan fingerprint density at radius 2 is 2.31 bits per heavy atom. The van der Waals surface area contributed by atoms with Crippen LogP contribution >= 0.6 is 11.6 Å². The van der Waals surface area contributed by atoms with Gasteiger partial charge < -0.3 is 15.0 Å². The van der Waals surface area contributed by atoms with Gasteiger partial charge in [-0.2, -0.15) is 0 Å². The van der Waals surface area contributed by atoms with Gasteiger partial charge in [-0.1, -0.05) is 11.6 Å². The average molecular weight is 243 g/mol. The summed E-state index contributed by atoms with van der Waals surface area (Å²) in [6.07, 6.45) is 0.805. The monoisotopic (exact) mass is 242 g/mol. The smallest absolute Gasteiger partial charge is 0.407 e. The van der Waals surface area contributed by atoms with Gasteiger partial charge in [0.2, 0.25) is 0 Å². The molecule has 0 aliphatic rings. The molecule has 1 heterocycles. The van der Waals surface area contributed by atoms with Crippen LogP contribution in [0.4, 0.5) is 9.18 Å². The third-order valence-corrected chi connectivity index (χ3v) is 2.40. The van der Waals surface area contributed by atoms with Crippen molar-refractivity contribution in [2.24, 2.45) is 0 Å². The van der Waals surface area contributed by atoms with Gasteiger partial charge in [0.05, 0.1) is 10.5 Å². The molecule has 0 fully saturated rings. The van der Waals surface area contributed by atoms with Gasteiger partial charge in [0, 0.05) is 24.7 Å². The van der Waals surface area contributed by atoms with E-state index in [1.165, 1.54) is 25.4 Å². The Morgan fingerprint density at radius 1 is 1.56 bits per heavy atom. The summed E-state index contributed by atoms with van der Waals surface area (Å²) in [5.74, 6) is -0.789. The van der Waals surface area contributed by atoms with E-state index < -0.39 is 11.9 Å². The molecule has 1 aromatic heterocycles. The molecule has 0 saturated carbocycles. The molecule has 2 N–H and O–H groups in total. The van der Waals surface area contributed by atoms with Crippen molar-refractivity contribution in [2.75, 3.05) is 7.05 Å². The largest absolute Gasteiger partial charge is 0.412 e. The van der Waals surface area contributed by atoms with E-state index in [0.717, 1.165) is 0 Å². The minimum atomic E-state index is -0.732. The van der Waals surface area contributed by atoms with Crippen molar-refractivity contribution < 1.29 is 13.9 Å². The van der Waals surface area contributed by atoms with Crippen LogP contribution in [-0.2, 0) is 0 Å². The summed E-state index contributed by atoms with van der Waals surface area (Å²) in [5, 5.41) is 3.27. The van der Waals surface area contributed by atoms with Gasteiger partial charge in [-0.25, -0.2) is 9.18 Å². The third kappa shape index (κ3) is 1.81. The van der Waals surface area contributed by atoms with Crippen LogP contribution in [0.2, 0.25) is 5.02 Å². The van der Waals surface area contributed by atoms with Gasteiger partial charge in [-0.3, -0.25) is 0 Å². The van der Waals surface area contributed by atoms with Crippen molar-refractivity contribution in [2.45, 2.75) is 0 Å². The molecule has 2 aromatic rings. The topological polar surface area (TPSA) is 54.1 Å². The summed E-state index contributed by atoms with van der Waals surface area (Å²) in [6.45, 7) is 0. The van der Waals surface area contributed by atoms with E-state index in [1.807, 2.05) is 0 Å². The standard InChI is InChI=1S/C10H8ClFN2O2/c1-13-10(15)16-9-2-5-6(11)4-14-8(5)3-7(9)12/h2-4,14H,1H3,(H,13,15). The highest BCUT2D eigenvalue weighted by atomic mass is 35.5. The number of halogens is 2. The first-order valence-corrected chi connectivity index (χ1v) is 4.85. The average Bonchev–Trinajstić information content (AvgIpc) is 2.61. The molecule has 0 atom stereocenters. The van der Waals surface area contributed by atoms with E-state index in [4.69, 9.17) is 16.3 Å². The van der Waals surface area contributed by atoms with E-state index in [-0.39, 0.29) is 5.75 Å². The number of rotatable bonds is 1. The molecule has 1 aromatic carbocycles. The molecule has 0 unspecified atom stereocenters. The van der Waals surface area contributed by atoms with Crippen LogP contribution in [-0.4, -0.2) is 18.1 Å². The molecule has 4 nitrogen and oxygen atoms in total. The number of fused-ring (bicyclic) bond motifs is 1. The van der Waals surface area contributed by atoms with Crippen LogP contribution < -0.4 is 10.1 Å². The maximum absolute atomic E-state index is 13.5. The van der Waals surface area contributed by atoms with E-state index in [0.29, 0.717) is 15.9 Å². The lowest BCUT2D eigenvalue weighted by molar-refractivity contribution is 0.201. The minimum Gasteiger partial charge on any atom is -0.407 e. The fraction of sp³-hybridized carbons (Fsp3) is 0.100. The molecule has 84 valence electrons. The molecular weight excluding hydrogens is 235 g/mol. The van der Waals surface area contributed by atoms with E-state index in [2.05, 4.69) is 10.3 Å². The summed E-state index contributed by atoms with van der Waals surface area (Å²) in [7, 11) is 1.39. The van der Waals surface area contributed by atoms with Crippen molar-refractivity contribution in [3.63, 3.8) is 0 Å². The van der Waals surface area contributed by atoms with Crippen molar-refractivity contribution in [3.05, 3.63) is 29.2 Å². The van der Waals surface area contributed by atoms with Gasteiger partial charge in [-0.15, -0.1) is 0 Å². The number of aromatic nitrogens is 1. The number of ether oxygens (including phenoxy) is 1. The number of carbonyl (C=O) groups is 1. The second-order valence-corrected chi connectivity index (χ2v) is 3.51. The Morgan fingerprint density at radius 3 is 3.00 bits per heavy atom. The van der Waals surface area contributed by atoms with Gasteiger partial charge >= 0.3 is 6.09 Å². The molecule has 0 spiro atoms. The molecule has 16 heavy (non-hydrogen) atoms. The molecule has 1 amide bonds. The van der Waals surface area contributed by atoms with Crippen LogP contribution in [0.15, 0.2) is 18.3 Å². The first-order chi connectivity index (χ1) is 7.61. The Hall–Kier alpha value is -1.75. The SMILES string of the molecule is CNC(=O)Oc1cc2c(Cl)c[nH]c2cc1F. The maximum Gasteiger partial charge on any atom is 0.412 e. The van der Waals surface area contributed by atoms with Crippen LogP contribution in [0, 0.1) is 5.82 Å². The first kappa shape index (κ1) is 10.8. The van der Waals surface area contributed by atoms with Gasteiger partial charge in [0.15, 0.2) is 11.6 Å². The fourth-order valence-corrected chi connectivity index (χ4v) is 1.53. The van der Waals surface area contributed by atoms with Crippen molar-refractivity contribution in [1.82, 2.24) is 10.3 Å². The number of nitrogens with one attached hydrogen (secondary N) is 2. The Labute approximate surface area is 95.3 Å². The minimum absolute atomic E-state index is 0.159. The van der Waals surface area contributed by atoms with Gasteiger partial charge in [-0.05, 0) is 6.07 Å². The zero-order chi connectivity index (χ0) is 11.7. The summed E-state index contributed by atoms with van der Waals surface area (Å²) < 4.78 is 18.2. The van der Waals surface area contributed by atoms with Crippen LogP contribution in [0.5, 0.6) is 5.75 Å². The maximum atomic E-state index is 13.5. The van der Waals surface area contributed by atoms with Crippen molar-refractivity contribution in [1.29, 1.82) is 0 Å². The Bertz CT molecular complexity index is 553. The fourth-order valence-electron chi connectivity index (χ4n) is 1.32. The quantitative estimate of drug-likeness (QED) is 0.808. The number of amides is 1. The summed E-state index contributed by atoms with van der Waals surface area (Å²) in [5.41, 5.74) is 0.548. The molecular formula is C10H8ClFN2O2. The predicted octanol–water partition coefficient (Wildman–Crippen LogP) is 2.68. The first-order valence-electron chi connectivity index (χ1n) is 4.47. The van der Waals surface area contributed by atoms with Gasteiger partial charge in [0.25, 0.3) is 0 Å². The zero-order valence-corrected chi connectivity index (χ0v) is 9.06. The Kier molecular flexibility index (Phi) is 2.70. The molecule has 0 saturated heterocycles. The summed E-state index contributed by atoms with van der Waals surface area (Å²) in [6, 6.07) is 2.60. The molecule has 0 radical (unpaired) electrons. The second kappa shape index (κ2) is 4.02. The highest BCUT2D eigenvalue weighted by Gasteiger charge is 2.12. The second-order valence-electron chi connectivity index (χ2n) is 3.10. The van der Waals surface area contributed by atoms with Crippen LogP contribution in [0.1, 0.15) is 0 Å². The van der Waals surface area contributed by atoms with E-state index in [1.54, 1.807) is 0 Å². The number of aromatic amines is 1. The predicted molar refractivity (Wildman–Crippen MR) is 58.4 cm³/mol.